The lowest BCUT2D eigenvalue weighted by molar-refractivity contribution is 0.346. The van der Waals surface area contributed by atoms with E-state index in [2.05, 4.69) is 20.5 Å². The first-order chi connectivity index (χ1) is 11.2. The fourth-order valence-electron chi connectivity index (χ4n) is 2.83. The molecular formula is C16H26N4O2S. The third-order valence-electron chi connectivity index (χ3n) is 3.99. The highest BCUT2D eigenvalue weighted by Gasteiger charge is 2.20. The molecule has 6 nitrogen and oxygen atoms in total. The standard InChI is InChI=1S/C16H26N4O2S/c1-17-18-11-13(9-12-7-5-4-6-8-12)23-16-19-14(21-2)10-15(20-16)22-3/h10-13,17H,4-9H2,1-3H3/b18-11+. The lowest BCUT2D eigenvalue weighted by atomic mass is 9.86. The fourth-order valence-corrected chi connectivity index (χ4v) is 3.88. The van der Waals surface area contributed by atoms with Crippen molar-refractivity contribution in [3.05, 3.63) is 6.07 Å². The molecule has 1 aliphatic carbocycles. The summed E-state index contributed by atoms with van der Waals surface area (Å²) in [6.07, 6.45) is 9.73. The first-order valence-corrected chi connectivity index (χ1v) is 8.96. The second-order valence-electron chi connectivity index (χ2n) is 5.63. The molecule has 23 heavy (non-hydrogen) atoms. The Morgan fingerprint density at radius 3 is 2.48 bits per heavy atom. The molecule has 1 atom stereocenters. The van der Waals surface area contributed by atoms with Gasteiger partial charge in [-0.15, -0.1) is 0 Å². The van der Waals surface area contributed by atoms with Crippen LogP contribution in [0, 0.1) is 5.92 Å². The van der Waals surface area contributed by atoms with Crippen molar-refractivity contribution in [1.29, 1.82) is 0 Å². The van der Waals surface area contributed by atoms with Crippen LogP contribution in [0.4, 0.5) is 0 Å². The third-order valence-corrected chi connectivity index (χ3v) is 5.00. The lowest BCUT2D eigenvalue weighted by Gasteiger charge is -2.24. The van der Waals surface area contributed by atoms with Gasteiger partial charge >= 0.3 is 0 Å². The summed E-state index contributed by atoms with van der Waals surface area (Å²) in [6, 6.07) is 1.68. The molecule has 1 unspecified atom stereocenters. The molecule has 1 N–H and O–H groups in total. The van der Waals surface area contributed by atoms with Gasteiger partial charge in [-0.25, -0.2) is 0 Å². The van der Waals surface area contributed by atoms with Crippen LogP contribution in [-0.4, -0.2) is 42.7 Å². The summed E-state index contributed by atoms with van der Waals surface area (Å²) in [6.45, 7) is 0. The van der Waals surface area contributed by atoms with E-state index in [1.54, 1.807) is 32.0 Å². The predicted molar refractivity (Wildman–Crippen MR) is 93.5 cm³/mol. The largest absolute Gasteiger partial charge is 0.481 e. The number of thioether (sulfide) groups is 1. The molecule has 0 radical (unpaired) electrons. The zero-order valence-electron chi connectivity index (χ0n) is 14.1. The van der Waals surface area contributed by atoms with Gasteiger partial charge in [-0.3, -0.25) is 0 Å². The van der Waals surface area contributed by atoms with Crippen LogP contribution in [0.3, 0.4) is 0 Å². The molecular weight excluding hydrogens is 312 g/mol. The molecule has 128 valence electrons. The maximum absolute atomic E-state index is 5.22. The molecule has 1 fully saturated rings. The van der Waals surface area contributed by atoms with Crippen molar-refractivity contribution in [1.82, 2.24) is 15.4 Å². The molecule has 1 saturated carbocycles. The summed E-state index contributed by atoms with van der Waals surface area (Å²) in [5.41, 5.74) is 2.83. The average Bonchev–Trinajstić information content (AvgIpc) is 2.60. The van der Waals surface area contributed by atoms with Crippen molar-refractivity contribution in [2.45, 2.75) is 48.9 Å². The minimum atomic E-state index is 0.238. The van der Waals surface area contributed by atoms with E-state index in [0.717, 1.165) is 12.3 Å². The van der Waals surface area contributed by atoms with Gasteiger partial charge in [0.05, 0.1) is 20.3 Å². The minimum Gasteiger partial charge on any atom is -0.481 e. The molecule has 1 aliphatic rings. The molecule has 7 heteroatoms. The SMILES string of the molecule is CN/N=C/C(CC1CCCCC1)Sc1nc(OC)cc(OC)n1. The van der Waals surface area contributed by atoms with Gasteiger partial charge in [0.15, 0.2) is 5.16 Å². The maximum atomic E-state index is 5.22. The minimum absolute atomic E-state index is 0.238. The number of ether oxygens (including phenoxy) is 2. The van der Waals surface area contributed by atoms with Crippen LogP contribution in [0.15, 0.2) is 16.3 Å². The monoisotopic (exact) mass is 338 g/mol. The van der Waals surface area contributed by atoms with Gasteiger partial charge in [-0.05, 0) is 12.3 Å². The Hall–Kier alpha value is -1.50. The number of aromatic nitrogens is 2. The number of nitrogens with zero attached hydrogens (tertiary/aromatic N) is 3. The van der Waals surface area contributed by atoms with Crippen LogP contribution in [0.2, 0.25) is 0 Å². The van der Waals surface area contributed by atoms with Gasteiger partial charge < -0.3 is 14.9 Å². The van der Waals surface area contributed by atoms with Crippen LogP contribution < -0.4 is 14.9 Å². The fraction of sp³-hybridized carbons (Fsp3) is 0.688. The number of hydrogen-bond donors (Lipinski definition) is 1. The number of hydrazone groups is 1. The predicted octanol–water partition coefficient (Wildman–Crippen LogP) is 3.13. The molecule has 1 aromatic heterocycles. The van der Waals surface area contributed by atoms with E-state index in [9.17, 15) is 0 Å². The van der Waals surface area contributed by atoms with Gasteiger partial charge in [0.2, 0.25) is 11.8 Å². The second kappa shape index (κ2) is 9.60. The molecule has 0 aliphatic heterocycles. The molecule has 0 aromatic carbocycles. The normalized spacial score (nSPS) is 17.2. The molecule has 0 bridgehead atoms. The van der Waals surface area contributed by atoms with E-state index in [1.807, 2.05) is 13.3 Å². The Kier molecular flexibility index (Phi) is 7.45. The van der Waals surface area contributed by atoms with E-state index in [0.29, 0.717) is 16.9 Å². The lowest BCUT2D eigenvalue weighted by Crippen LogP contribution is -2.16. The molecule has 0 spiro atoms. The van der Waals surface area contributed by atoms with E-state index in [-0.39, 0.29) is 5.25 Å². The smallest absolute Gasteiger partial charge is 0.220 e. The number of methoxy groups -OCH3 is 2. The van der Waals surface area contributed by atoms with Gasteiger partial charge in [-0.2, -0.15) is 15.1 Å². The van der Waals surface area contributed by atoms with Crippen LogP contribution in [0.25, 0.3) is 0 Å². The van der Waals surface area contributed by atoms with E-state index in [4.69, 9.17) is 9.47 Å². The van der Waals surface area contributed by atoms with Crippen molar-refractivity contribution in [3.63, 3.8) is 0 Å². The summed E-state index contributed by atoms with van der Waals surface area (Å²) in [5.74, 6) is 1.79. The Labute approximate surface area is 142 Å². The number of nitrogens with one attached hydrogen (secondary N) is 1. The van der Waals surface area contributed by atoms with Crippen molar-refractivity contribution in [2.24, 2.45) is 11.0 Å². The van der Waals surface area contributed by atoms with E-state index in [1.165, 1.54) is 32.1 Å². The summed E-state index contributed by atoms with van der Waals surface area (Å²) in [7, 11) is 5.00. The Bertz CT molecular complexity index is 485. The van der Waals surface area contributed by atoms with Crippen molar-refractivity contribution >= 4 is 18.0 Å². The first-order valence-electron chi connectivity index (χ1n) is 8.08. The quantitative estimate of drug-likeness (QED) is 0.340. The van der Waals surface area contributed by atoms with Crippen LogP contribution in [-0.2, 0) is 0 Å². The van der Waals surface area contributed by atoms with Crippen molar-refractivity contribution in [2.75, 3.05) is 21.3 Å². The summed E-state index contributed by atoms with van der Waals surface area (Å²) in [5, 5.41) is 5.10. The highest BCUT2D eigenvalue weighted by molar-refractivity contribution is 8.00. The average molecular weight is 338 g/mol. The van der Waals surface area contributed by atoms with E-state index >= 15 is 0 Å². The summed E-state index contributed by atoms with van der Waals surface area (Å²) >= 11 is 1.61. The highest BCUT2D eigenvalue weighted by atomic mass is 32.2. The second-order valence-corrected chi connectivity index (χ2v) is 6.84. The molecule has 2 rings (SSSR count). The Morgan fingerprint density at radius 1 is 1.26 bits per heavy atom. The molecule has 0 amide bonds. The summed E-state index contributed by atoms with van der Waals surface area (Å²) < 4.78 is 10.4. The van der Waals surface area contributed by atoms with Crippen molar-refractivity contribution < 1.29 is 9.47 Å². The highest BCUT2D eigenvalue weighted by Crippen LogP contribution is 2.33. The Morgan fingerprint density at radius 2 is 1.91 bits per heavy atom. The van der Waals surface area contributed by atoms with Gasteiger partial charge in [0.1, 0.15) is 0 Å². The zero-order valence-corrected chi connectivity index (χ0v) is 14.9. The summed E-state index contributed by atoms with van der Waals surface area (Å²) in [4.78, 5) is 8.82. The maximum Gasteiger partial charge on any atom is 0.220 e. The van der Waals surface area contributed by atoms with Crippen LogP contribution >= 0.6 is 11.8 Å². The topological polar surface area (TPSA) is 68.6 Å². The van der Waals surface area contributed by atoms with Crippen LogP contribution in [0.5, 0.6) is 11.8 Å². The molecule has 1 heterocycles. The first kappa shape index (κ1) is 17.8. The van der Waals surface area contributed by atoms with Gasteiger partial charge in [0, 0.05) is 18.5 Å². The number of rotatable bonds is 8. The van der Waals surface area contributed by atoms with Crippen LogP contribution in [0.1, 0.15) is 38.5 Å². The number of hydrogen-bond acceptors (Lipinski definition) is 7. The molecule has 0 saturated heterocycles. The van der Waals surface area contributed by atoms with E-state index < -0.39 is 0 Å². The van der Waals surface area contributed by atoms with Crippen molar-refractivity contribution in [3.8, 4) is 11.8 Å². The zero-order chi connectivity index (χ0) is 16.5. The van der Waals surface area contributed by atoms with Gasteiger partial charge in [0.25, 0.3) is 0 Å². The molecule has 1 aromatic rings. The Balaban J connectivity index is 2.08. The third kappa shape index (κ3) is 5.89. The van der Waals surface area contributed by atoms with Gasteiger partial charge in [-0.1, -0.05) is 43.9 Å².